The van der Waals surface area contributed by atoms with Crippen LogP contribution < -0.4 is 0 Å². The number of benzene rings is 2. The monoisotopic (exact) mass is 227 g/mol. The minimum Gasteiger partial charge on any atom is -0.192 e. The molecule has 2 heteroatoms. The maximum Gasteiger partial charge on any atom is 0.0991 e. The Bertz CT molecular complexity index is 567. The molecule has 0 unspecified atom stereocenters. The lowest BCUT2D eigenvalue weighted by Crippen LogP contribution is -1.86. The summed E-state index contributed by atoms with van der Waals surface area (Å²) in [5.74, 6) is 0. The molecule has 0 saturated heterocycles. The Balaban J connectivity index is 2.65. The molecule has 78 valence electrons. The molecule has 0 fully saturated rings. The van der Waals surface area contributed by atoms with Gasteiger partial charge in [-0.25, -0.2) is 0 Å². The van der Waals surface area contributed by atoms with Crippen LogP contribution in [0.5, 0.6) is 0 Å². The summed E-state index contributed by atoms with van der Waals surface area (Å²) in [5.41, 5.74) is 3.76. The number of aryl methyl sites for hydroxylation is 1. The van der Waals surface area contributed by atoms with Crippen LogP contribution in [0.3, 0.4) is 0 Å². The normalized spacial score (nSPS) is 9.81. The number of nitriles is 1. The highest BCUT2D eigenvalue weighted by Gasteiger charge is 2.06. The molecule has 0 bridgehead atoms. The number of hydrogen-bond acceptors (Lipinski definition) is 1. The molecule has 0 saturated carbocycles. The third-order valence-electron chi connectivity index (χ3n) is 2.53. The van der Waals surface area contributed by atoms with Gasteiger partial charge in [0.15, 0.2) is 0 Å². The zero-order valence-corrected chi connectivity index (χ0v) is 9.62. The fourth-order valence-electron chi connectivity index (χ4n) is 1.66. The number of halogens is 1. The van der Waals surface area contributed by atoms with E-state index in [1.807, 2.05) is 49.4 Å². The van der Waals surface area contributed by atoms with E-state index in [-0.39, 0.29) is 0 Å². The van der Waals surface area contributed by atoms with Crippen molar-refractivity contribution in [3.63, 3.8) is 0 Å². The first-order valence-electron chi connectivity index (χ1n) is 4.98. The zero-order valence-electron chi connectivity index (χ0n) is 8.87. The van der Waals surface area contributed by atoms with Gasteiger partial charge in [-0.05, 0) is 36.2 Å². The summed E-state index contributed by atoms with van der Waals surface area (Å²) in [6.45, 7) is 2.01. The average Bonchev–Trinajstić information content (AvgIpc) is 2.31. The molecule has 0 heterocycles. The maximum absolute atomic E-state index is 8.89. The Kier molecular flexibility index (Phi) is 2.94. The number of nitrogens with zero attached hydrogens (tertiary/aromatic N) is 1. The first kappa shape index (κ1) is 10.7. The van der Waals surface area contributed by atoms with Crippen molar-refractivity contribution in [1.82, 2.24) is 0 Å². The smallest absolute Gasteiger partial charge is 0.0991 e. The van der Waals surface area contributed by atoms with Crippen molar-refractivity contribution in [2.24, 2.45) is 0 Å². The van der Waals surface area contributed by atoms with Gasteiger partial charge in [0, 0.05) is 10.6 Å². The summed E-state index contributed by atoms with van der Waals surface area (Å²) in [7, 11) is 0. The van der Waals surface area contributed by atoms with Gasteiger partial charge in [-0.3, -0.25) is 0 Å². The lowest BCUT2D eigenvalue weighted by molar-refractivity contribution is 1.42. The van der Waals surface area contributed by atoms with E-state index in [0.29, 0.717) is 10.6 Å². The van der Waals surface area contributed by atoms with Gasteiger partial charge in [-0.2, -0.15) is 5.26 Å². The SMILES string of the molecule is Cc1ccc(C#N)cc1-c1ccccc1Cl. The Morgan fingerprint density at radius 3 is 2.50 bits per heavy atom. The Labute approximate surface area is 99.9 Å². The summed E-state index contributed by atoms with van der Waals surface area (Å²) in [6, 6.07) is 15.4. The Hall–Kier alpha value is -1.78. The number of rotatable bonds is 1. The highest BCUT2D eigenvalue weighted by molar-refractivity contribution is 6.33. The van der Waals surface area contributed by atoms with Crippen molar-refractivity contribution in [2.45, 2.75) is 6.92 Å². The lowest BCUT2D eigenvalue weighted by atomic mass is 9.98. The Morgan fingerprint density at radius 2 is 1.81 bits per heavy atom. The van der Waals surface area contributed by atoms with E-state index < -0.39 is 0 Å². The largest absolute Gasteiger partial charge is 0.192 e. The molecular weight excluding hydrogens is 218 g/mol. The molecule has 0 N–H and O–H groups in total. The maximum atomic E-state index is 8.89. The van der Waals surface area contributed by atoms with Crippen molar-refractivity contribution >= 4 is 11.6 Å². The molecule has 0 atom stereocenters. The van der Waals surface area contributed by atoms with Gasteiger partial charge in [-0.1, -0.05) is 35.9 Å². The van der Waals surface area contributed by atoms with Crippen LogP contribution in [-0.4, -0.2) is 0 Å². The van der Waals surface area contributed by atoms with Gasteiger partial charge in [0.1, 0.15) is 0 Å². The molecule has 0 spiro atoms. The zero-order chi connectivity index (χ0) is 11.5. The molecule has 0 radical (unpaired) electrons. The van der Waals surface area contributed by atoms with Crippen LogP contribution in [-0.2, 0) is 0 Å². The fourth-order valence-corrected chi connectivity index (χ4v) is 1.90. The summed E-state index contributed by atoms with van der Waals surface area (Å²) in [5, 5.41) is 9.60. The highest BCUT2D eigenvalue weighted by atomic mass is 35.5. The minimum atomic E-state index is 0.653. The van der Waals surface area contributed by atoms with E-state index in [0.717, 1.165) is 16.7 Å². The second-order valence-electron chi connectivity index (χ2n) is 3.62. The van der Waals surface area contributed by atoms with E-state index in [1.165, 1.54) is 0 Å². The van der Waals surface area contributed by atoms with Crippen LogP contribution in [0.25, 0.3) is 11.1 Å². The van der Waals surface area contributed by atoms with Crippen molar-refractivity contribution in [2.75, 3.05) is 0 Å². The van der Waals surface area contributed by atoms with Gasteiger partial charge < -0.3 is 0 Å². The molecule has 0 amide bonds. The molecular formula is C14H10ClN. The molecule has 16 heavy (non-hydrogen) atoms. The fraction of sp³-hybridized carbons (Fsp3) is 0.0714. The molecule has 1 nitrogen and oxygen atoms in total. The molecule has 2 aromatic rings. The minimum absolute atomic E-state index is 0.653. The van der Waals surface area contributed by atoms with Crippen LogP contribution in [0, 0.1) is 18.3 Å². The van der Waals surface area contributed by atoms with E-state index >= 15 is 0 Å². The van der Waals surface area contributed by atoms with Gasteiger partial charge in [0.05, 0.1) is 11.6 Å². The van der Waals surface area contributed by atoms with E-state index in [1.54, 1.807) is 0 Å². The van der Waals surface area contributed by atoms with Gasteiger partial charge in [0.2, 0.25) is 0 Å². The molecule has 2 rings (SSSR count). The molecule has 0 aliphatic carbocycles. The van der Waals surface area contributed by atoms with Crippen LogP contribution in [0.4, 0.5) is 0 Å². The van der Waals surface area contributed by atoms with Gasteiger partial charge >= 0.3 is 0 Å². The molecule has 0 aliphatic heterocycles. The summed E-state index contributed by atoms with van der Waals surface area (Å²) < 4.78 is 0. The average molecular weight is 228 g/mol. The van der Waals surface area contributed by atoms with E-state index in [2.05, 4.69) is 6.07 Å². The summed E-state index contributed by atoms with van der Waals surface area (Å²) >= 11 is 6.14. The molecule has 2 aromatic carbocycles. The van der Waals surface area contributed by atoms with Crippen LogP contribution >= 0.6 is 11.6 Å². The van der Waals surface area contributed by atoms with Crippen LogP contribution in [0.2, 0.25) is 5.02 Å². The molecule has 0 aromatic heterocycles. The van der Waals surface area contributed by atoms with Crippen LogP contribution in [0.15, 0.2) is 42.5 Å². The second kappa shape index (κ2) is 4.38. The van der Waals surface area contributed by atoms with Crippen LogP contribution in [0.1, 0.15) is 11.1 Å². The lowest BCUT2D eigenvalue weighted by Gasteiger charge is -2.08. The highest BCUT2D eigenvalue weighted by Crippen LogP contribution is 2.30. The molecule has 0 aliphatic rings. The third-order valence-corrected chi connectivity index (χ3v) is 2.86. The Morgan fingerprint density at radius 1 is 1.06 bits per heavy atom. The predicted octanol–water partition coefficient (Wildman–Crippen LogP) is 4.19. The second-order valence-corrected chi connectivity index (χ2v) is 4.03. The predicted molar refractivity (Wildman–Crippen MR) is 66.3 cm³/mol. The standard InChI is InChI=1S/C14H10ClN/c1-10-6-7-11(9-16)8-13(10)12-4-2-3-5-14(12)15/h2-8H,1H3. The summed E-state index contributed by atoms with van der Waals surface area (Å²) in [6.07, 6.45) is 0. The summed E-state index contributed by atoms with van der Waals surface area (Å²) in [4.78, 5) is 0. The first-order chi connectivity index (χ1) is 7.72. The third kappa shape index (κ3) is 1.93. The van der Waals surface area contributed by atoms with Crippen molar-refractivity contribution < 1.29 is 0 Å². The first-order valence-corrected chi connectivity index (χ1v) is 5.36. The number of hydrogen-bond donors (Lipinski definition) is 0. The van der Waals surface area contributed by atoms with Gasteiger partial charge in [0.25, 0.3) is 0 Å². The quantitative estimate of drug-likeness (QED) is 0.717. The van der Waals surface area contributed by atoms with E-state index in [4.69, 9.17) is 16.9 Å². The van der Waals surface area contributed by atoms with Crippen molar-refractivity contribution in [1.29, 1.82) is 5.26 Å². The topological polar surface area (TPSA) is 23.8 Å². The van der Waals surface area contributed by atoms with Crippen molar-refractivity contribution in [3.05, 3.63) is 58.6 Å². The van der Waals surface area contributed by atoms with Gasteiger partial charge in [-0.15, -0.1) is 0 Å². The van der Waals surface area contributed by atoms with E-state index in [9.17, 15) is 0 Å². The van der Waals surface area contributed by atoms with Crippen molar-refractivity contribution in [3.8, 4) is 17.2 Å².